The van der Waals surface area contributed by atoms with E-state index in [0.717, 1.165) is 5.56 Å². The first-order valence-corrected chi connectivity index (χ1v) is 11.9. The highest BCUT2D eigenvalue weighted by Crippen LogP contribution is 2.46. The monoisotopic (exact) mass is 475 g/mol. The number of hydrogen-bond donors (Lipinski definition) is 3. The minimum absolute atomic E-state index is 0.0825. The highest BCUT2D eigenvalue weighted by atomic mass is 35.5. The summed E-state index contributed by atoms with van der Waals surface area (Å²) in [5, 5.41) is 16.2. The fraction of sp³-hybridized carbons (Fsp3) is 0.560. The molecule has 33 heavy (non-hydrogen) atoms. The Labute approximate surface area is 200 Å². The maximum absolute atomic E-state index is 13.8. The van der Waals surface area contributed by atoms with Crippen molar-refractivity contribution in [1.29, 1.82) is 0 Å². The summed E-state index contributed by atoms with van der Waals surface area (Å²) in [6, 6.07) is 3.94. The zero-order valence-electron chi connectivity index (χ0n) is 19.8. The molecule has 0 aromatic heterocycles. The molecule has 1 aromatic carbocycles. The van der Waals surface area contributed by atoms with Crippen molar-refractivity contribution in [2.24, 2.45) is 29.6 Å². The molecule has 3 rings (SSSR count). The van der Waals surface area contributed by atoms with Crippen LogP contribution < -0.4 is 10.6 Å². The normalized spacial score (nSPS) is 27.5. The first kappa shape index (κ1) is 25.2. The second kappa shape index (κ2) is 10.3. The average Bonchev–Trinajstić information content (AvgIpc) is 3.07. The maximum atomic E-state index is 13.8. The molecular weight excluding hydrogens is 442 g/mol. The molecule has 0 saturated carbocycles. The summed E-state index contributed by atoms with van der Waals surface area (Å²) < 4.78 is 0. The minimum atomic E-state index is -0.862. The molecule has 1 heterocycles. The van der Waals surface area contributed by atoms with Crippen LogP contribution >= 0.6 is 11.6 Å². The van der Waals surface area contributed by atoms with Gasteiger partial charge in [-0.05, 0) is 36.8 Å². The molecule has 1 fully saturated rings. The van der Waals surface area contributed by atoms with Gasteiger partial charge in [-0.25, -0.2) is 0 Å². The van der Waals surface area contributed by atoms with Gasteiger partial charge in [-0.3, -0.25) is 14.4 Å². The van der Waals surface area contributed by atoms with Gasteiger partial charge in [-0.1, -0.05) is 56.7 Å². The van der Waals surface area contributed by atoms with E-state index >= 15 is 0 Å². The van der Waals surface area contributed by atoms with Gasteiger partial charge in [0.25, 0.3) is 0 Å². The Morgan fingerprint density at radius 1 is 1.21 bits per heavy atom. The Kier molecular flexibility index (Phi) is 7.85. The van der Waals surface area contributed by atoms with Crippen molar-refractivity contribution in [3.8, 4) is 0 Å². The number of amides is 3. The molecule has 1 aliphatic heterocycles. The number of halogens is 1. The first-order valence-electron chi connectivity index (χ1n) is 11.6. The number of hydrogen-bond acceptors (Lipinski definition) is 4. The summed E-state index contributed by atoms with van der Waals surface area (Å²) in [4.78, 5) is 41.9. The number of anilines is 1. The van der Waals surface area contributed by atoms with Gasteiger partial charge in [0.1, 0.15) is 6.04 Å². The number of benzene rings is 1. The molecule has 180 valence electrons. The molecule has 0 bridgehead atoms. The molecule has 3 amide bonds. The third-order valence-electron chi connectivity index (χ3n) is 7.12. The lowest BCUT2D eigenvalue weighted by atomic mass is 9.69. The largest absolute Gasteiger partial charge is 0.394 e. The average molecular weight is 476 g/mol. The molecule has 3 N–H and O–H groups in total. The number of rotatable bonds is 7. The van der Waals surface area contributed by atoms with Gasteiger partial charge in [0, 0.05) is 13.0 Å². The summed E-state index contributed by atoms with van der Waals surface area (Å²) in [5.74, 6) is -2.76. The fourth-order valence-corrected chi connectivity index (χ4v) is 5.59. The summed E-state index contributed by atoms with van der Waals surface area (Å²) in [6.07, 6.45) is 4.57. The number of nitrogens with one attached hydrogen (secondary N) is 2. The number of aliphatic hydroxyl groups is 1. The van der Waals surface area contributed by atoms with Crippen LogP contribution in [0.5, 0.6) is 0 Å². The van der Waals surface area contributed by atoms with Gasteiger partial charge in [-0.15, -0.1) is 0 Å². The molecule has 1 saturated heterocycles. The van der Waals surface area contributed by atoms with Gasteiger partial charge >= 0.3 is 0 Å². The lowest BCUT2D eigenvalue weighted by molar-refractivity contribution is -0.143. The van der Waals surface area contributed by atoms with E-state index in [0.29, 0.717) is 17.1 Å². The highest BCUT2D eigenvalue weighted by molar-refractivity contribution is 6.34. The van der Waals surface area contributed by atoms with Crippen molar-refractivity contribution in [1.82, 2.24) is 10.2 Å². The number of likely N-dealkylation sites (tertiary alicyclic amines) is 1. The van der Waals surface area contributed by atoms with Gasteiger partial charge in [0.15, 0.2) is 0 Å². The van der Waals surface area contributed by atoms with Gasteiger partial charge < -0.3 is 20.6 Å². The van der Waals surface area contributed by atoms with Crippen molar-refractivity contribution >= 4 is 35.0 Å². The van der Waals surface area contributed by atoms with E-state index in [1.807, 2.05) is 45.9 Å². The van der Waals surface area contributed by atoms with E-state index in [9.17, 15) is 19.5 Å². The van der Waals surface area contributed by atoms with Crippen LogP contribution in [0.2, 0.25) is 5.02 Å². The fourth-order valence-electron chi connectivity index (χ4n) is 5.32. The van der Waals surface area contributed by atoms with Crippen LogP contribution in [0.1, 0.15) is 32.8 Å². The van der Waals surface area contributed by atoms with E-state index in [2.05, 4.69) is 10.6 Å². The van der Waals surface area contributed by atoms with E-state index in [1.54, 1.807) is 19.2 Å². The van der Waals surface area contributed by atoms with Crippen molar-refractivity contribution in [2.75, 3.05) is 19.0 Å². The van der Waals surface area contributed by atoms with Gasteiger partial charge in [-0.2, -0.15) is 0 Å². The van der Waals surface area contributed by atoms with Crippen LogP contribution in [0.25, 0.3) is 0 Å². The minimum Gasteiger partial charge on any atom is -0.394 e. The second-order valence-corrected chi connectivity index (χ2v) is 9.71. The lowest BCUT2D eigenvalue weighted by Gasteiger charge is -2.35. The van der Waals surface area contributed by atoms with Crippen LogP contribution in [-0.2, 0) is 14.4 Å². The third kappa shape index (κ3) is 4.53. The first-order chi connectivity index (χ1) is 15.7. The molecule has 1 aromatic rings. The number of fused-ring (bicyclic) bond motifs is 1. The van der Waals surface area contributed by atoms with E-state index in [-0.39, 0.29) is 36.2 Å². The summed E-state index contributed by atoms with van der Waals surface area (Å²) in [5.41, 5.74) is 1.30. The summed E-state index contributed by atoms with van der Waals surface area (Å²) in [6.45, 7) is 7.37. The van der Waals surface area contributed by atoms with E-state index in [4.69, 9.17) is 11.6 Å². The van der Waals surface area contributed by atoms with Crippen molar-refractivity contribution in [3.63, 3.8) is 0 Å². The Hall–Kier alpha value is -2.38. The van der Waals surface area contributed by atoms with Gasteiger partial charge in [0.2, 0.25) is 17.7 Å². The Morgan fingerprint density at radius 3 is 2.45 bits per heavy atom. The number of nitrogens with zero attached hydrogens (tertiary/aromatic N) is 1. The number of carbonyl (C=O) groups is 3. The molecule has 6 atom stereocenters. The predicted octanol–water partition coefficient (Wildman–Crippen LogP) is 3.01. The number of para-hydroxylation sites is 1. The standard InChI is InChI=1S/C25H34ClN3O4/c1-6-15-10-11-16-20(19(15)23(31)27-5)25(33)29(18(12-30)13(2)3)22(16)24(32)28-21-14(4)8-7-9-17(21)26/h7-11,13,15-16,18-20,22,30H,6,12H2,1-5H3,(H,27,31)(H,28,32)/t15-,16+,18+,19-,20-,22+/m1/s1. The Balaban J connectivity index is 2.09. The van der Waals surface area contributed by atoms with Crippen molar-refractivity contribution < 1.29 is 19.5 Å². The SMILES string of the molecule is CC[C@@H]1C=C[C@H]2[C@@H](C(=O)N([C@@H](CO)C(C)C)[C@@H]2C(=O)Nc2c(C)cccc2Cl)[C@@H]1C(=O)NC. The number of aryl methyl sites for hydroxylation is 1. The zero-order valence-corrected chi connectivity index (χ0v) is 20.6. The van der Waals surface area contributed by atoms with Crippen molar-refractivity contribution in [2.45, 2.75) is 46.2 Å². The van der Waals surface area contributed by atoms with Crippen LogP contribution in [-0.4, -0.2) is 53.5 Å². The van der Waals surface area contributed by atoms with Crippen LogP contribution in [0.4, 0.5) is 5.69 Å². The second-order valence-electron chi connectivity index (χ2n) is 9.31. The number of carbonyl (C=O) groups excluding carboxylic acids is 3. The smallest absolute Gasteiger partial charge is 0.247 e. The molecule has 2 aliphatic rings. The van der Waals surface area contributed by atoms with Crippen LogP contribution in [0, 0.1) is 36.5 Å². The third-order valence-corrected chi connectivity index (χ3v) is 7.44. The molecule has 0 unspecified atom stereocenters. The van der Waals surface area contributed by atoms with Crippen LogP contribution in [0.3, 0.4) is 0 Å². The molecule has 8 heteroatoms. The molecule has 7 nitrogen and oxygen atoms in total. The highest BCUT2D eigenvalue weighted by Gasteiger charge is 2.58. The quantitative estimate of drug-likeness (QED) is 0.528. The van der Waals surface area contributed by atoms with E-state index < -0.39 is 29.8 Å². The topological polar surface area (TPSA) is 98.7 Å². The summed E-state index contributed by atoms with van der Waals surface area (Å²) >= 11 is 6.34. The zero-order chi connectivity index (χ0) is 24.4. The molecule has 1 aliphatic carbocycles. The number of aliphatic hydroxyl groups excluding tert-OH is 1. The number of allylic oxidation sites excluding steroid dienone is 1. The van der Waals surface area contributed by atoms with Gasteiger partial charge in [0.05, 0.1) is 35.2 Å². The van der Waals surface area contributed by atoms with E-state index in [1.165, 1.54) is 4.90 Å². The molecular formula is C25H34ClN3O4. The Morgan fingerprint density at radius 2 is 1.91 bits per heavy atom. The maximum Gasteiger partial charge on any atom is 0.247 e. The molecule has 0 radical (unpaired) electrons. The van der Waals surface area contributed by atoms with Crippen LogP contribution in [0.15, 0.2) is 30.4 Å². The van der Waals surface area contributed by atoms with Crippen molar-refractivity contribution in [3.05, 3.63) is 40.9 Å². The predicted molar refractivity (Wildman–Crippen MR) is 129 cm³/mol. The summed E-state index contributed by atoms with van der Waals surface area (Å²) in [7, 11) is 1.56. The lowest BCUT2D eigenvalue weighted by Crippen LogP contribution is -2.52. The Bertz CT molecular complexity index is 927. The molecule has 0 spiro atoms.